The molecule has 0 aliphatic carbocycles. The molecule has 0 N–H and O–H groups in total. The van der Waals surface area contributed by atoms with Gasteiger partial charge in [-0.1, -0.05) is 6.07 Å². The lowest BCUT2D eigenvalue weighted by Gasteiger charge is -2.08. The molecule has 4 nitrogen and oxygen atoms in total. The molecule has 0 amide bonds. The Bertz CT molecular complexity index is 1360. The van der Waals surface area contributed by atoms with Gasteiger partial charge in [0.05, 0.1) is 23.5 Å². The second kappa shape index (κ2) is 5.77. The number of rotatable bonds is 3. The summed E-state index contributed by atoms with van der Waals surface area (Å²) in [7, 11) is 1.56. The highest BCUT2D eigenvalue weighted by Gasteiger charge is 2.18. The Hall–Kier alpha value is -3.47. The fourth-order valence-corrected chi connectivity index (χ4v) is 3.79. The molecule has 3 heterocycles. The van der Waals surface area contributed by atoms with Crippen molar-refractivity contribution >= 4 is 27.2 Å². The molecule has 3 aromatic heterocycles. The van der Waals surface area contributed by atoms with Gasteiger partial charge >= 0.3 is 0 Å². The predicted molar refractivity (Wildman–Crippen MR) is 103 cm³/mol. The summed E-state index contributed by atoms with van der Waals surface area (Å²) < 4.78 is 21.3. The largest absolute Gasteiger partial charge is 0.497 e. The second-order valence-electron chi connectivity index (χ2n) is 6.62. The molecule has 0 aliphatic rings. The van der Waals surface area contributed by atoms with Crippen LogP contribution in [0.2, 0.25) is 0 Å². The first kappa shape index (κ1) is 15.8. The number of benzene rings is 2. The fourth-order valence-electron chi connectivity index (χ4n) is 3.79. The standard InChI is InChI=1S/C22H15FN2O2/c1-27-16-9-18-17-8-15(23)4-5-20(17)25-12-14(7-13-3-2-6-24-11-13)22(26)19(10-16)21(18)25/h2-6,8-12H,7H2,1H3. The fraction of sp³-hybridized carbons (Fsp3) is 0.0909. The van der Waals surface area contributed by atoms with Crippen molar-refractivity contribution in [2.24, 2.45) is 0 Å². The minimum Gasteiger partial charge on any atom is -0.497 e. The van der Waals surface area contributed by atoms with E-state index in [4.69, 9.17) is 4.74 Å². The van der Waals surface area contributed by atoms with Gasteiger partial charge in [-0.25, -0.2) is 4.39 Å². The Labute approximate surface area is 153 Å². The molecule has 132 valence electrons. The maximum absolute atomic E-state index is 13.9. The zero-order valence-electron chi connectivity index (χ0n) is 14.6. The number of hydrogen-bond donors (Lipinski definition) is 0. The summed E-state index contributed by atoms with van der Waals surface area (Å²) in [6.45, 7) is 0. The third-order valence-electron chi connectivity index (χ3n) is 5.01. The van der Waals surface area contributed by atoms with E-state index in [9.17, 15) is 9.18 Å². The minimum absolute atomic E-state index is 0.0430. The lowest BCUT2D eigenvalue weighted by atomic mass is 10.0. The van der Waals surface area contributed by atoms with E-state index in [1.54, 1.807) is 31.6 Å². The van der Waals surface area contributed by atoms with Crippen LogP contribution in [0.25, 0.3) is 27.2 Å². The summed E-state index contributed by atoms with van der Waals surface area (Å²) in [5.41, 5.74) is 3.22. The normalized spacial score (nSPS) is 11.6. The maximum Gasteiger partial charge on any atom is 0.193 e. The summed E-state index contributed by atoms with van der Waals surface area (Å²) in [5.74, 6) is 0.271. The molecule has 0 aliphatic heterocycles. The Kier molecular flexibility index (Phi) is 3.37. The van der Waals surface area contributed by atoms with Gasteiger partial charge in [-0.3, -0.25) is 9.78 Å². The first-order chi connectivity index (χ1) is 13.2. The van der Waals surface area contributed by atoms with E-state index < -0.39 is 0 Å². The van der Waals surface area contributed by atoms with E-state index in [2.05, 4.69) is 4.98 Å². The van der Waals surface area contributed by atoms with Crippen LogP contribution in [-0.4, -0.2) is 16.5 Å². The van der Waals surface area contributed by atoms with Gasteiger partial charge in [0, 0.05) is 41.3 Å². The topological polar surface area (TPSA) is 43.6 Å². The highest BCUT2D eigenvalue weighted by molar-refractivity contribution is 6.14. The Morgan fingerprint density at radius 2 is 1.96 bits per heavy atom. The van der Waals surface area contributed by atoms with Crippen molar-refractivity contribution < 1.29 is 9.13 Å². The number of pyridine rings is 2. The van der Waals surface area contributed by atoms with Gasteiger partial charge in [0.2, 0.25) is 0 Å². The third-order valence-corrected chi connectivity index (χ3v) is 5.01. The Morgan fingerprint density at radius 3 is 2.74 bits per heavy atom. The summed E-state index contributed by atoms with van der Waals surface area (Å²) >= 11 is 0. The second-order valence-corrected chi connectivity index (χ2v) is 6.62. The van der Waals surface area contributed by atoms with Crippen LogP contribution < -0.4 is 10.2 Å². The number of aromatic nitrogens is 2. The van der Waals surface area contributed by atoms with Crippen LogP contribution in [0, 0.1) is 5.82 Å². The van der Waals surface area contributed by atoms with Crippen LogP contribution in [0.1, 0.15) is 11.1 Å². The first-order valence-corrected chi connectivity index (χ1v) is 8.61. The van der Waals surface area contributed by atoms with Crippen molar-refractivity contribution in [3.05, 3.63) is 88.2 Å². The quantitative estimate of drug-likeness (QED) is 0.486. The van der Waals surface area contributed by atoms with E-state index in [0.717, 1.165) is 27.4 Å². The minimum atomic E-state index is -0.309. The van der Waals surface area contributed by atoms with E-state index in [1.165, 1.54) is 12.1 Å². The van der Waals surface area contributed by atoms with Crippen LogP contribution in [0.15, 0.2) is 65.8 Å². The first-order valence-electron chi connectivity index (χ1n) is 8.61. The van der Waals surface area contributed by atoms with Crippen molar-refractivity contribution in [1.29, 1.82) is 0 Å². The van der Waals surface area contributed by atoms with E-state index >= 15 is 0 Å². The zero-order valence-corrected chi connectivity index (χ0v) is 14.6. The summed E-state index contributed by atoms with van der Waals surface area (Å²) in [6, 6.07) is 12.1. The van der Waals surface area contributed by atoms with Crippen molar-refractivity contribution in [2.45, 2.75) is 6.42 Å². The molecule has 0 radical (unpaired) electrons. The van der Waals surface area contributed by atoms with Gasteiger partial charge in [0.15, 0.2) is 5.43 Å². The molecule has 5 heteroatoms. The zero-order chi connectivity index (χ0) is 18.5. The molecular weight excluding hydrogens is 343 g/mol. The van der Waals surface area contributed by atoms with Crippen LogP contribution in [0.4, 0.5) is 4.39 Å². The van der Waals surface area contributed by atoms with Gasteiger partial charge in [-0.15, -0.1) is 0 Å². The summed E-state index contributed by atoms with van der Waals surface area (Å²) in [6.07, 6.45) is 5.80. The molecule has 2 aromatic carbocycles. The van der Waals surface area contributed by atoms with E-state index in [0.29, 0.717) is 23.1 Å². The van der Waals surface area contributed by atoms with Gasteiger partial charge in [-0.2, -0.15) is 0 Å². The Balaban J connectivity index is 1.91. The molecule has 0 atom stereocenters. The van der Waals surface area contributed by atoms with E-state index in [1.807, 2.05) is 28.8 Å². The third kappa shape index (κ3) is 2.35. The Morgan fingerprint density at radius 1 is 1.11 bits per heavy atom. The SMILES string of the molecule is COc1cc2c(=O)c(Cc3cccnc3)cn3c4ccc(F)cc4c(c1)c23. The van der Waals surface area contributed by atoms with Crippen molar-refractivity contribution in [2.75, 3.05) is 7.11 Å². The molecule has 0 saturated carbocycles. The van der Waals surface area contributed by atoms with Crippen LogP contribution in [-0.2, 0) is 6.42 Å². The molecule has 0 unspecified atom stereocenters. The smallest absolute Gasteiger partial charge is 0.193 e. The average molecular weight is 358 g/mol. The van der Waals surface area contributed by atoms with E-state index in [-0.39, 0.29) is 11.2 Å². The molecule has 27 heavy (non-hydrogen) atoms. The molecule has 0 fully saturated rings. The van der Waals surface area contributed by atoms with Crippen molar-refractivity contribution in [3.8, 4) is 5.75 Å². The van der Waals surface area contributed by atoms with Gasteiger partial charge in [0.1, 0.15) is 11.6 Å². The van der Waals surface area contributed by atoms with Crippen molar-refractivity contribution in [1.82, 2.24) is 9.38 Å². The highest BCUT2D eigenvalue weighted by atomic mass is 19.1. The molecule has 0 saturated heterocycles. The monoisotopic (exact) mass is 358 g/mol. The summed E-state index contributed by atoms with van der Waals surface area (Å²) in [4.78, 5) is 17.3. The number of halogens is 1. The van der Waals surface area contributed by atoms with Gasteiger partial charge in [0.25, 0.3) is 0 Å². The lowest BCUT2D eigenvalue weighted by Crippen LogP contribution is -2.12. The molecule has 5 aromatic rings. The molecular formula is C22H15FN2O2. The number of methoxy groups -OCH3 is 1. The van der Waals surface area contributed by atoms with Crippen LogP contribution >= 0.6 is 0 Å². The molecule has 0 spiro atoms. The lowest BCUT2D eigenvalue weighted by molar-refractivity contribution is 0.416. The van der Waals surface area contributed by atoms with Gasteiger partial charge < -0.3 is 9.14 Å². The number of fused-ring (bicyclic) bond motifs is 3. The van der Waals surface area contributed by atoms with Crippen molar-refractivity contribution in [3.63, 3.8) is 0 Å². The maximum atomic E-state index is 13.9. The number of hydrogen-bond acceptors (Lipinski definition) is 3. The molecule has 5 rings (SSSR count). The van der Waals surface area contributed by atoms with Crippen LogP contribution in [0.5, 0.6) is 5.75 Å². The number of ether oxygens (including phenoxy) is 1. The van der Waals surface area contributed by atoms with Crippen LogP contribution in [0.3, 0.4) is 0 Å². The molecule has 0 bridgehead atoms. The predicted octanol–water partition coefficient (Wildman–Crippen LogP) is 4.18. The summed E-state index contributed by atoms with van der Waals surface area (Å²) in [5, 5.41) is 2.14. The highest BCUT2D eigenvalue weighted by Crippen LogP contribution is 2.34. The van der Waals surface area contributed by atoms with Gasteiger partial charge in [-0.05, 0) is 42.0 Å². The number of nitrogens with zero attached hydrogens (tertiary/aromatic N) is 2. The average Bonchev–Trinajstić information content (AvgIpc) is 2.99.